The maximum atomic E-state index is 6.35. The van der Waals surface area contributed by atoms with Crippen LogP contribution in [0.25, 0.3) is 98.0 Å². The number of hydrogen-bond acceptors (Lipinski definition) is 4. The molecular weight excluding hydrogens is 629 g/mol. The fourth-order valence-corrected chi connectivity index (χ4v) is 8.28. The minimum Gasteiger partial charge on any atom is -0.456 e. The van der Waals surface area contributed by atoms with Gasteiger partial charge >= 0.3 is 0 Å². The number of furan rings is 1. The molecule has 0 bridgehead atoms. The molecule has 4 aromatic heterocycles. The summed E-state index contributed by atoms with van der Waals surface area (Å²) in [7, 11) is 0. The molecule has 0 aliphatic heterocycles. The van der Waals surface area contributed by atoms with Gasteiger partial charge in [0.2, 0.25) is 0 Å². The number of aromatic nitrogens is 2. The first-order valence-electron chi connectivity index (χ1n) is 16.7. The first kappa shape index (κ1) is 28.6. The molecule has 0 unspecified atom stereocenters. The summed E-state index contributed by atoms with van der Waals surface area (Å²) >= 11 is 1.84. The number of nitrogens with zero attached hydrogens (tertiary/aromatic N) is 2. The van der Waals surface area contributed by atoms with Gasteiger partial charge in [0.25, 0.3) is 0 Å². The van der Waals surface area contributed by atoms with E-state index in [1.165, 1.54) is 36.9 Å². The Morgan fingerprint density at radius 3 is 1.32 bits per heavy atom. The van der Waals surface area contributed by atoms with E-state index in [0.717, 1.165) is 61.1 Å². The van der Waals surface area contributed by atoms with E-state index >= 15 is 0 Å². The van der Waals surface area contributed by atoms with Crippen LogP contribution >= 0.6 is 11.3 Å². The topological polar surface area (TPSA) is 38.9 Å². The molecule has 0 aliphatic carbocycles. The highest BCUT2D eigenvalue weighted by Crippen LogP contribution is 2.42. The standard InChI is InChI=1S/C46H28N2OS/c1-3-11-35(41-13-5-7-23-47-41)33(9-1)31-16-20-44-38(27-31)37-25-29(15-19-43(37)49-44)30-17-21-45-39(26-30)40-28-32(18-22-46(40)50-45)34-10-2-4-12-36(34)42-14-6-8-24-48-42/h1-28H. The second-order valence-electron chi connectivity index (χ2n) is 12.6. The van der Waals surface area contributed by atoms with Crippen molar-refractivity contribution in [3.63, 3.8) is 0 Å². The smallest absolute Gasteiger partial charge is 0.135 e. The molecule has 0 radical (unpaired) electrons. The SMILES string of the molecule is c1ccc(-c2ccccc2-c2ccc3oc4ccc(-c5ccc6sc7ccc(-c8ccccc8-c8ccccn8)cc7c6c5)cc4c3c2)nc1. The summed E-state index contributed by atoms with van der Waals surface area (Å²) in [6.07, 6.45) is 3.70. The Kier molecular flexibility index (Phi) is 6.68. The number of pyridine rings is 2. The summed E-state index contributed by atoms with van der Waals surface area (Å²) < 4.78 is 8.91. The molecule has 234 valence electrons. The number of benzene rings is 6. The Balaban J connectivity index is 1.08. The minimum atomic E-state index is 0.883. The molecule has 6 aromatic carbocycles. The van der Waals surface area contributed by atoms with E-state index in [9.17, 15) is 0 Å². The van der Waals surface area contributed by atoms with Crippen molar-refractivity contribution in [2.75, 3.05) is 0 Å². The van der Waals surface area contributed by atoms with Crippen LogP contribution in [-0.2, 0) is 0 Å². The molecule has 4 heterocycles. The monoisotopic (exact) mass is 656 g/mol. The third-order valence-corrected chi connectivity index (χ3v) is 10.8. The lowest BCUT2D eigenvalue weighted by atomic mass is 9.95. The molecule has 0 atom stereocenters. The zero-order valence-electron chi connectivity index (χ0n) is 26.9. The van der Waals surface area contributed by atoms with Crippen molar-refractivity contribution in [3.05, 3.63) is 170 Å². The quantitative estimate of drug-likeness (QED) is 0.185. The largest absolute Gasteiger partial charge is 0.456 e. The summed E-state index contributed by atoms with van der Waals surface area (Å²) in [6.45, 7) is 0. The zero-order chi connectivity index (χ0) is 33.0. The van der Waals surface area contributed by atoms with E-state index in [1.54, 1.807) is 0 Å². The fraction of sp³-hybridized carbons (Fsp3) is 0. The summed E-state index contributed by atoms with van der Waals surface area (Å²) in [6, 6.07) is 55.9. The van der Waals surface area contributed by atoms with Crippen molar-refractivity contribution in [1.29, 1.82) is 0 Å². The van der Waals surface area contributed by atoms with E-state index < -0.39 is 0 Å². The molecule has 0 spiro atoms. The first-order chi connectivity index (χ1) is 24.8. The predicted octanol–water partition coefficient (Wildman–Crippen LogP) is 13.1. The van der Waals surface area contributed by atoms with Gasteiger partial charge in [-0.2, -0.15) is 0 Å². The van der Waals surface area contributed by atoms with Crippen molar-refractivity contribution in [2.45, 2.75) is 0 Å². The second-order valence-corrected chi connectivity index (χ2v) is 13.7. The summed E-state index contributed by atoms with van der Waals surface area (Å²) in [4.78, 5) is 9.28. The lowest BCUT2D eigenvalue weighted by molar-refractivity contribution is 0.669. The average molecular weight is 657 g/mol. The summed E-state index contributed by atoms with van der Waals surface area (Å²) in [5.74, 6) is 0. The highest BCUT2D eigenvalue weighted by Gasteiger charge is 2.15. The summed E-state index contributed by atoms with van der Waals surface area (Å²) in [5, 5.41) is 4.75. The van der Waals surface area contributed by atoms with E-state index in [2.05, 4.69) is 143 Å². The maximum absolute atomic E-state index is 6.35. The van der Waals surface area contributed by atoms with Crippen LogP contribution in [0.5, 0.6) is 0 Å². The Hall–Kier alpha value is -6.36. The number of thiophene rings is 1. The number of fused-ring (bicyclic) bond motifs is 6. The van der Waals surface area contributed by atoms with Gasteiger partial charge in [-0.1, -0.05) is 84.9 Å². The zero-order valence-corrected chi connectivity index (χ0v) is 27.7. The van der Waals surface area contributed by atoms with Crippen LogP contribution in [-0.4, -0.2) is 9.97 Å². The normalized spacial score (nSPS) is 11.6. The van der Waals surface area contributed by atoms with Crippen LogP contribution in [0.3, 0.4) is 0 Å². The molecule has 10 rings (SSSR count). The molecule has 0 saturated heterocycles. The van der Waals surface area contributed by atoms with Crippen molar-refractivity contribution >= 4 is 53.4 Å². The summed E-state index contributed by atoms with van der Waals surface area (Å²) in [5.41, 5.74) is 13.0. The predicted molar refractivity (Wildman–Crippen MR) is 209 cm³/mol. The van der Waals surface area contributed by atoms with Crippen LogP contribution in [0.4, 0.5) is 0 Å². The Morgan fingerprint density at radius 1 is 0.360 bits per heavy atom. The van der Waals surface area contributed by atoms with Crippen molar-refractivity contribution in [3.8, 4) is 55.9 Å². The number of rotatable bonds is 5. The van der Waals surface area contributed by atoms with Gasteiger partial charge in [-0.25, -0.2) is 0 Å². The highest BCUT2D eigenvalue weighted by molar-refractivity contribution is 7.25. The maximum Gasteiger partial charge on any atom is 0.135 e. The van der Waals surface area contributed by atoms with Gasteiger partial charge in [0.1, 0.15) is 11.2 Å². The van der Waals surface area contributed by atoms with Gasteiger partial charge in [-0.15, -0.1) is 11.3 Å². The van der Waals surface area contributed by atoms with Crippen LogP contribution in [0.15, 0.2) is 175 Å². The van der Waals surface area contributed by atoms with Crippen LogP contribution < -0.4 is 0 Å². The molecule has 0 N–H and O–H groups in total. The van der Waals surface area contributed by atoms with Crippen molar-refractivity contribution in [2.24, 2.45) is 0 Å². The molecule has 4 heteroatoms. The van der Waals surface area contributed by atoms with E-state index in [1.807, 2.05) is 48.0 Å². The Bertz CT molecular complexity index is 2670. The van der Waals surface area contributed by atoms with Crippen LogP contribution in [0.2, 0.25) is 0 Å². The van der Waals surface area contributed by atoms with Gasteiger partial charge in [0.15, 0.2) is 0 Å². The van der Waals surface area contributed by atoms with Crippen molar-refractivity contribution in [1.82, 2.24) is 9.97 Å². The molecule has 10 aromatic rings. The lowest BCUT2D eigenvalue weighted by Gasteiger charge is -2.10. The minimum absolute atomic E-state index is 0.883. The molecule has 0 saturated carbocycles. The van der Waals surface area contributed by atoms with Gasteiger partial charge in [0, 0.05) is 54.5 Å². The molecule has 0 amide bonds. The molecular formula is C46H28N2OS. The first-order valence-corrected chi connectivity index (χ1v) is 17.5. The molecule has 3 nitrogen and oxygen atoms in total. The second kappa shape index (κ2) is 11.7. The van der Waals surface area contributed by atoms with Gasteiger partial charge < -0.3 is 4.42 Å². The van der Waals surface area contributed by atoms with E-state index in [4.69, 9.17) is 4.42 Å². The van der Waals surface area contributed by atoms with Crippen molar-refractivity contribution < 1.29 is 4.42 Å². The highest BCUT2D eigenvalue weighted by atomic mass is 32.1. The lowest BCUT2D eigenvalue weighted by Crippen LogP contribution is -1.87. The van der Waals surface area contributed by atoms with Gasteiger partial charge in [0.05, 0.1) is 11.4 Å². The third kappa shape index (κ3) is 4.80. The van der Waals surface area contributed by atoms with E-state index in [0.29, 0.717) is 0 Å². The fourth-order valence-electron chi connectivity index (χ4n) is 7.21. The van der Waals surface area contributed by atoms with Gasteiger partial charge in [-0.3, -0.25) is 9.97 Å². The Morgan fingerprint density at radius 2 is 0.780 bits per heavy atom. The van der Waals surface area contributed by atoms with E-state index in [-0.39, 0.29) is 0 Å². The van der Waals surface area contributed by atoms with Crippen LogP contribution in [0, 0.1) is 0 Å². The molecule has 0 aliphatic rings. The molecule has 50 heavy (non-hydrogen) atoms. The van der Waals surface area contributed by atoms with Gasteiger partial charge in [-0.05, 0) is 106 Å². The average Bonchev–Trinajstić information content (AvgIpc) is 3.75. The number of hydrogen-bond donors (Lipinski definition) is 0. The third-order valence-electron chi connectivity index (χ3n) is 9.63. The Labute approximate surface area is 292 Å². The van der Waals surface area contributed by atoms with Crippen LogP contribution in [0.1, 0.15) is 0 Å². The molecule has 0 fully saturated rings.